The van der Waals surface area contributed by atoms with Gasteiger partial charge in [-0.2, -0.15) is 5.10 Å². The summed E-state index contributed by atoms with van der Waals surface area (Å²) < 4.78 is 7.18. The van der Waals surface area contributed by atoms with Crippen molar-refractivity contribution in [1.29, 1.82) is 0 Å². The minimum atomic E-state index is -0.424. The molecule has 0 saturated heterocycles. The van der Waals surface area contributed by atoms with Crippen LogP contribution < -0.4 is 15.6 Å². The summed E-state index contributed by atoms with van der Waals surface area (Å²) in [6, 6.07) is 5.73. The standard InChI is InChI=1S/C18H24N4O3/c1-11-6-12(2)8-15(7-11)25-10-18(24)20-19-17(23)9-16-13(3)21-22(5)14(16)4/h6-8H,9-10H2,1-5H3,(H,19,23)(H,20,24). The summed E-state index contributed by atoms with van der Waals surface area (Å²) in [5.41, 5.74) is 9.47. The highest BCUT2D eigenvalue weighted by molar-refractivity contribution is 5.84. The first-order valence-electron chi connectivity index (χ1n) is 8.04. The van der Waals surface area contributed by atoms with E-state index in [9.17, 15) is 9.59 Å². The number of aryl methyl sites for hydroxylation is 4. The van der Waals surface area contributed by atoms with E-state index < -0.39 is 5.91 Å². The molecule has 0 radical (unpaired) electrons. The molecule has 134 valence electrons. The third-order valence-corrected chi connectivity index (χ3v) is 3.90. The second-order valence-electron chi connectivity index (χ2n) is 6.16. The van der Waals surface area contributed by atoms with Crippen LogP contribution in [0.2, 0.25) is 0 Å². The largest absolute Gasteiger partial charge is 0.484 e. The van der Waals surface area contributed by atoms with Gasteiger partial charge < -0.3 is 4.74 Å². The van der Waals surface area contributed by atoms with Crippen LogP contribution in [0, 0.1) is 27.7 Å². The van der Waals surface area contributed by atoms with Crippen LogP contribution in [0.4, 0.5) is 0 Å². The van der Waals surface area contributed by atoms with E-state index in [2.05, 4.69) is 16.0 Å². The molecule has 0 spiro atoms. The van der Waals surface area contributed by atoms with Gasteiger partial charge in [-0.05, 0) is 51.0 Å². The number of nitrogens with one attached hydrogen (secondary N) is 2. The van der Waals surface area contributed by atoms with Crippen LogP contribution in [-0.4, -0.2) is 28.2 Å². The summed E-state index contributed by atoms with van der Waals surface area (Å²) in [6.07, 6.45) is 0.156. The van der Waals surface area contributed by atoms with Crippen LogP contribution in [0.1, 0.15) is 28.1 Å². The minimum absolute atomic E-state index is 0.156. The molecule has 2 amide bonds. The lowest BCUT2D eigenvalue weighted by atomic mass is 10.1. The van der Waals surface area contributed by atoms with Crippen LogP contribution in [0.15, 0.2) is 18.2 Å². The Balaban J connectivity index is 1.80. The van der Waals surface area contributed by atoms with Gasteiger partial charge in [0, 0.05) is 18.3 Å². The van der Waals surface area contributed by atoms with Crippen molar-refractivity contribution in [2.75, 3.05) is 6.61 Å². The number of hydrogen-bond acceptors (Lipinski definition) is 4. The van der Waals surface area contributed by atoms with Gasteiger partial charge in [0.15, 0.2) is 6.61 Å². The number of carbonyl (C=O) groups excluding carboxylic acids is 2. The van der Waals surface area contributed by atoms with E-state index in [1.54, 1.807) is 4.68 Å². The third-order valence-electron chi connectivity index (χ3n) is 3.90. The van der Waals surface area contributed by atoms with Crippen molar-refractivity contribution in [3.8, 4) is 5.75 Å². The van der Waals surface area contributed by atoms with Crippen molar-refractivity contribution < 1.29 is 14.3 Å². The molecule has 0 saturated carbocycles. The molecule has 0 aliphatic heterocycles. The zero-order valence-electron chi connectivity index (χ0n) is 15.3. The number of ether oxygens (including phenoxy) is 1. The highest BCUT2D eigenvalue weighted by Gasteiger charge is 2.14. The number of benzene rings is 1. The Morgan fingerprint density at radius 3 is 2.20 bits per heavy atom. The topological polar surface area (TPSA) is 85.2 Å². The van der Waals surface area contributed by atoms with E-state index in [1.165, 1.54) is 0 Å². The molecule has 7 heteroatoms. The second-order valence-corrected chi connectivity index (χ2v) is 6.16. The van der Waals surface area contributed by atoms with Crippen LogP contribution in [-0.2, 0) is 23.1 Å². The Morgan fingerprint density at radius 2 is 1.64 bits per heavy atom. The molecule has 1 aromatic carbocycles. The Labute approximate surface area is 147 Å². The molecule has 2 N–H and O–H groups in total. The van der Waals surface area contributed by atoms with Gasteiger partial charge in [-0.25, -0.2) is 0 Å². The van der Waals surface area contributed by atoms with E-state index in [0.29, 0.717) is 5.75 Å². The Morgan fingerprint density at radius 1 is 1.04 bits per heavy atom. The smallest absolute Gasteiger partial charge is 0.276 e. The van der Waals surface area contributed by atoms with Gasteiger partial charge in [0.2, 0.25) is 5.91 Å². The molecule has 1 heterocycles. The lowest BCUT2D eigenvalue weighted by Crippen LogP contribution is -2.44. The molecular weight excluding hydrogens is 320 g/mol. The fourth-order valence-electron chi connectivity index (χ4n) is 2.62. The highest BCUT2D eigenvalue weighted by atomic mass is 16.5. The molecule has 0 unspecified atom stereocenters. The molecule has 25 heavy (non-hydrogen) atoms. The van der Waals surface area contributed by atoms with Gasteiger partial charge in [-0.15, -0.1) is 0 Å². The van der Waals surface area contributed by atoms with Crippen LogP contribution in [0.5, 0.6) is 5.75 Å². The monoisotopic (exact) mass is 344 g/mol. The first kappa shape index (κ1) is 18.5. The molecule has 0 atom stereocenters. The van der Waals surface area contributed by atoms with Crippen molar-refractivity contribution >= 4 is 11.8 Å². The van der Waals surface area contributed by atoms with Crippen molar-refractivity contribution in [1.82, 2.24) is 20.6 Å². The number of rotatable bonds is 5. The SMILES string of the molecule is Cc1cc(C)cc(OCC(=O)NNC(=O)Cc2c(C)nn(C)c2C)c1. The molecule has 2 aromatic rings. The van der Waals surface area contributed by atoms with Gasteiger partial charge in [0.25, 0.3) is 5.91 Å². The van der Waals surface area contributed by atoms with Gasteiger partial charge in [0.1, 0.15) is 5.75 Å². The first-order chi connectivity index (χ1) is 11.8. The highest BCUT2D eigenvalue weighted by Crippen LogP contribution is 2.16. The number of carbonyl (C=O) groups is 2. The first-order valence-corrected chi connectivity index (χ1v) is 8.04. The molecule has 0 aliphatic rings. The van der Waals surface area contributed by atoms with Crippen molar-refractivity contribution in [2.45, 2.75) is 34.1 Å². The number of amides is 2. The summed E-state index contributed by atoms with van der Waals surface area (Å²) in [4.78, 5) is 23.8. The summed E-state index contributed by atoms with van der Waals surface area (Å²) in [6.45, 7) is 7.50. The maximum Gasteiger partial charge on any atom is 0.276 e. The van der Waals surface area contributed by atoms with Crippen LogP contribution in [0.3, 0.4) is 0 Å². The van der Waals surface area contributed by atoms with Crippen molar-refractivity contribution in [3.05, 3.63) is 46.3 Å². The van der Waals surface area contributed by atoms with E-state index in [1.807, 2.05) is 52.9 Å². The van der Waals surface area contributed by atoms with Crippen LogP contribution >= 0.6 is 0 Å². The Kier molecular flexibility index (Phi) is 5.80. The molecule has 0 bridgehead atoms. The average Bonchev–Trinajstić information content (AvgIpc) is 2.76. The number of nitrogens with zero attached hydrogens (tertiary/aromatic N) is 2. The van der Waals surface area contributed by atoms with Gasteiger partial charge in [0.05, 0.1) is 12.1 Å². The van der Waals surface area contributed by atoms with E-state index in [0.717, 1.165) is 28.1 Å². The molecule has 2 rings (SSSR count). The Bertz CT molecular complexity index is 776. The van der Waals surface area contributed by atoms with E-state index in [-0.39, 0.29) is 18.9 Å². The normalized spacial score (nSPS) is 10.4. The molecule has 0 aliphatic carbocycles. The van der Waals surface area contributed by atoms with Gasteiger partial charge >= 0.3 is 0 Å². The van der Waals surface area contributed by atoms with Gasteiger partial charge in [-0.3, -0.25) is 25.1 Å². The zero-order chi connectivity index (χ0) is 18.6. The van der Waals surface area contributed by atoms with Gasteiger partial charge in [-0.1, -0.05) is 6.07 Å². The lowest BCUT2D eigenvalue weighted by molar-refractivity contribution is -0.129. The van der Waals surface area contributed by atoms with E-state index in [4.69, 9.17) is 4.74 Å². The number of aromatic nitrogens is 2. The number of hydrazine groups is 1. The number of hydrogen-bond donors (Lipinski definition) is 2. The van der Waals surface area contributed by atoms with Crippen molar-refractivity contribution in [3.63, 3.8) is 0 Å². The molecule has 0 fully saturated rings. The maximum atomic E-state index is 12.0. The summed E-state index contributed by atoms with van der Waals surface area (Å²) >= 11 is 0. The van der Waals surface area contributed by atoms with E-state index >= 15 is 0 Å². The summed E-state index contributed by atoms with van der Waals surface area (Å²) in [7, 11) is 1.83. The third kappa shape index (κ3) is 5.07. The fourth-order valence-corrected chi connectivity index (χ4v) is 2.62. The second kappa shape index (κ2) is 7.83. The zero-order valence-corrected chi connectivity index (χ0v) is 15.3. The average molecular weight is 344 g/mol. The fraction of sp³-hybridized carbons (Fsp3) is 0.389. The molecular formula is C18H24N4O3. The molecule has 1 aromatic heterocycles. The quantitative estimate of drug-likeness (QED) is 0.804. The Hall–Kier alpha value is -2.83. The summed E-state index contributed by atoms with van der Waals surface area (Å²) in [5.74, 6) is -0.105. The summed E-state index contributed by atoms with van der Waals surface area (Å²) in [5, 5.41) is 4.27. The van der Waals surface area contributed by atoms with Crippen molar-refractivity contribution in [2.24, 2.45) is 7.05 Å². The minimum Gasteiger partial charge on any atom is -0.484 e. The predicted molar refractivity (Wildman–Crippen MR) is 94.1 cm³/mol. The lowest BCUT2D eigenvalue weighted by Gasteiger charge is -2.10. The van der Waals surface area contributed by atoms with Crippen LogP contribution in [0.25, 0.3) is 0 Å². The molecule has 7 nitrogen and oxygen atoms in total. The predicted octanol–water partition coefficient (Wildman–Crippen LogP) is 1.42. The maximum absolute atomic E-state index is 12.0.